The van der Waals surface area contributed by atoms with Crippen molar-refractivity contribution in [1.29, 1.82) is 0 Å². The van der Waals surface area contributed by atoms with Crippen LogP contribution >= 0.6 is 0 Å². The van der Waals surface area contributed by atoms with E-state index in [9.17, 15) is 19.5 Å². The number of esters is 1. The highest BCUT2D eigenvalue weighted by atomic mass is 16.7. The summed E-state index contributed by atoms with van der Waals surface area (Å²) in [5.41, 5.74) is -0.924. The van der Waals surface area contributed by atoms with Crippen LogP contribution in [0.15, 0.2) is 54.6 Å². The average molecular weight is 586 g/mol. The van der Waals surface area contributed by atoms with E-state index in [0.29, 0.717) is 19.3 Å². The molecule has 0 spiro atoms. The summed E-state index contributed by atoms with van der Waals surface area (Å²) in [6.45, 7) is 11.8. The molecular formula is C32H43NO9. The average Bonchev–Trinajstić information content (AvgIpc) is 2.92. The molecule has 0 bridgehead atoms. The van der Waals surface area contributed by atoms with Crippen LogP contribution in [0, 0.1) is 0 Å². The summed E-state index contributed by atoms with van der Waals surface area (Å²) in [6, 6.07) is 15.5. The maximum Gasteiger partial charge on any atom is 0.508 e. The van der Waals surface area contributed by atoms with Crippen molar-refractivity contribution >= 4 is 18.1 Å². The minimum atomic E-state index is -1.19. The summed E-state index contributed by atoms with van der Waals surface area (Å²) in [5, 5.41) is 11.4. The number of rotatable bonds is 12. The molecule has 10 heteroatoms. The fraction of sp³-hybridized carbons (Fsp3) is 0.531. The third kappa shape index (κ3) is 8.77. The van der Waals surface area contributed by atoms with Crippen LogP contribution < -0.4 is 0 Å². The molecule has 0 radical (unpaired) electrons. The number of hydrogen-bond donors (Lipinski definition) is 1. The van der Waals surface area contributed by atoms with E-state index in [4.69, 9.17) is 23.8 Å². The molecule has 1 fully saturated rings. The molecule has 230 valence electrons. The second kappa shape index (κ2) is 13.7. The molecule has 1 N–H and O–H groups in total. The Labute approximate surface area is 247 Å². The van der Waals surface area contributed by atoms with Crippen molar-refractivity contribution in [2.45, 2.75) is 89.7 Å². The monoisotopic (exact) mass is 585 g/mol. The van der Waals surface area contributed by atoms with Gasteiger partial charge in [-0.1, -0.05) is 42.5 Å². The van der Waals surface area contributed by atoms with Crippen LogP contribution in [-0.4, -0.2) is 71.4 Å². The van der Waals surface area contributed by atoms with Gasteiger partial charge in [-0.25, -0.2) is 14.4 Å². The van der Waals surface area contributed by atoms with Gasteiger partial charge in [0.1, 0.15) is 18.8 Å². The first-order valence-electron chi connectivity index (χ1n) is 14.1. The Kier molecular flexibility index (Phi) is 10.8. The fourth-order valence-corrected chi connectivity index (χ4v) is 5.25. The van der Waals surface area contributed by atoms with Gasteiger partial charge in [0.05, 0.1) is 23.3 Å². The third-order valence-corrected chi connectivity index (χ3v) is 7.44. The van der Waals surface area contributed by atoms with E-state index in [1.54, 1.807) is 19.2 Å². The second-order valence-corrected chi connectivity index (χ2v) is 12.3. The quantitative estimate of drug-likeness (QED) is 0.288. The molecule has 10 nitrogen and oxygen atoms in total. The van der Waals surface area contributed by atoms with Gasteiger partial charge in [0.2, 0.25) is 0 Å². The summed E-state index contributed by atoms with van der Waals surface area (Å²) in [7, 11) is 1.61. The number of aromatic carboxylic acids is 1. The minimum absolute atomic E-state index is 0.0123. The lowest BCUT2D eigenvalue weighted by atomic mass is 9.80. The standard InChI is InChI=1S/C32H43NO9/c1-30(2)19-23(41-28(36)25-16-12-11-15-24(25)27(34)35)20-31(3,4)33(30)42-26(22-13-9-8-10-14-22)21-40-29(37)39-18-17-32(5,6)38-7/h8-16,23,26H,17-21H2,1-7H3,(H,34,35). The Balaban J connectivity index is 1.71. The number of hydrogen-bond acceptors (Lipinski definition) is 9. The van der Waals surface area contributed by atoms with E-state index < -0.39 is 47.0 Å². The van der Waals surface area contributed by atoms with E-state index in [0.717, 1.165) is 5.56 Å². The van der Waals surface area contributed by atoms with E-state index in [-0.39, 0.29) is 24.3 Å². The number of carboxylic acid groups (broad SMARTS) is 1. The van der Waals surface area contributed by atoms with Crippen molar-refractivity contribution in [3.05, 3.63) is 71.3 Å². The molecule has 1 saturated heterocycles. The predicted molar refractivity (Wildman–Crippen MR) is 155 cm³/mol. The summed E-state index contributed by atoms with van der Waals surface area (Å²) >= 11 is 0. The van der Waals surface area contributed by atoms with Gasteiger partial charge >= 0.3 is 18.1 Å². The lowest BCUT2D eigenvalue weighted by Crippen LogP contribution is -2.62. The SMILES string of the molecule is COC(C)(C)CCOC(=O)OCC(ON1C(C)(C)CC(OC(=O)c2ccccc2C(=O)O)CC1(C)C)c1ccccc1. The highest BCUT2D eigenvalue weighted by Crippen LogP contribution is 2.42. The van der Waals surface area contributed by atoms with Crippen molar-refractivity contribution in [1.82, 2.24) is 5.06 Å². The van der Waals surface area contributed by atoms with Crippen molar-refractivity contribution in [2.24, 2.45) is 0 Å². The molecule has 3 rings (SSSR count). The lowest BCUT2D eigenvalue weighted by molar-refractivity contribution is -0.320. The van der Waals surface area contributed by atoms with Crippen molar-refractivity contribution in [3.63, 3.8) is 0 Å². The molecule has 2 aromatic carbocycles. The molecule has 42 heavy (non-hydrogen) atoms. The van der Waals surface area contributed by atoms with Gasteiger partial charge in [0.25, 0.3) is 0 Å². The Morgan fingerprint density at radius 3 is 2.07 bits per heavy atom. The Morgan fingerprint density at radius 2 is 1.50 bits per heavy atom. The van der Waals surface area contributed by atoms with Crippen molar-refractivity contribution in [3.8, 4) is 0 Å². The van der Waals surface area contributed by atoms with Crippen LogP contribution in [0.25, 0.3) is 0 Å². The number of carbonyl (C=O) groups excluding carboxylic acids is 2. The zero-order valence-electron chi connectivity index (χ0n) is 25.5. The van der Waals surface area contributed by atoms with Gasteiger partial charge < -0.3 is 24.1 Å². The van der Waals surface area contributed by atoms with Crippen LogP contribution in [0.5, 0.6) is 0 Å². The molecule has 0 aromatic heterocycles. The van der Waals surface area contributed by atoms with E-state index in [2.05, 4.69) is 0 Å². The van der Waals surface area contributed by atoms with Gasteiger partial charge in [0, 0.05) is 37.5 Å². The van der Waals surface area contributed by atoms with Crippen LogP contribution in [0.4, 0.5) is 4.79 Å². The molecule has 0 saturated carbocycles. The Bertz CT molecular complexity index is 1210. The zero-order chi connectivity index (χ0) is 31.1. The van der Waals surface area contributed by atoms with Gasteiger partial charge in [-0.05, 0) is 59.2 Å². The normalized spacial score (nSPS) is 17.7. The number of nitrogens with zero attached hydrogens (tertiary/aromatic N) is 1. The van der Waals surface area contributed by atoms with Crippen LogP contribution in [0.2, 0.25) is 0 Å². The highest BCUT2D eigenvalue weighted by Gasteiger charge is 2.49. The van der Waals surface area contributed by atoms with Crippen molar-refractivity contribution < 1.29 is 43.3 Å². The largest absolute Gasteiger partial charge is 0.508 e. The van der Waals surface area contributed by atoms with Gasteiger partial charge in [-0.15, -0.1) is 0 Å². The molecule has 1 unspecified atom stereocenters. The number of methoxy groups -OCH3 is 1. The lowest BCUT2D eigenvalue weighted by Gasteiger charge is -2.54. The molecule has 1 heterocycles. The first-order valence-corrected chi connectivity index (χ1v) is 14.1. The van der Waals surface area contributed by atoms with E-state index in [1.807, 2.05) is 76.9 Å². The summed E-state index contributed by atoms with van der Waals surface area (Å²) in [4.78, 5) is 43.6. The van der Waals surface area contributed by atoms with Gasteiger partial charge in [0.15, 0.2) is 0 Å². The Hall–Kier alpha value is -3.47. The van der Waals surface area contributed by atoms with Crippen LogP contribution in [0.3, 0.4) is 0 Å². The van der Waals surface area contributed by atoms with Crippen molar-refractivity contribution in [2.75, 3.05) is 20.3 Å². The van der Waals surface area contributed by atoms with E-state index in [1.165, 1.54) is 12.1 Å². The molecule has 0 aliphatic carbocycles. The first-order chi connectivity index (χ1) is 19.6. The molecular weight excluding hydrogens is 542 g/mol. The van der Waals surface area contributed by atoms with Gasteiger partial charge in [-0.3, -0.25) is 4.84 Å². The van der Waals surface area contributed by atoms with Crippen LogP contribution in [-0.2, 0) is 23.8 Å². The molecule has 1 atom stereocenters. The summed E-state index contributed by atoms with van der Waals surface area (Å²) in [6.07, 6.45) is -0.539. The molecule has 1 aliphatic rings. The summed E-state index contributed by atoms with van der Waals surface area (Å²) < 4.78 is 21.9. The predicted octanol–water partition coefficient (Wildman–Crippen LogP) is 6.20. The maximum absolute atomic E-state index is 13.0. The number of hydroxylamine groups is 2. The second-order valence-electron chi connectivity index (χ2n) is 12.3. The number of carbonyl (C=O) groups is 3. The summed E-state index contributed by atoms with van der Waals surface area (Å²) in [5.74, 6) is -1.87. The number of ether oxygens (including phenoxy) is 4. The van der Waals surface area contributed by atoms with E-state index >= 15 is 0 Å². The molecule has 0 amide bonds. The molecule has 1 aliphatic heterocycles. The van der Waals surface area contributed by atoms with Crippen LogP contribution in [0.1, 0.15) is 93.2 Å². The maximum atomic E-state index is 13.0. The topological polar surface area (TPSA) is 121 Å². The highest BCUT2D eigenvalue weighted by molar-refractivity contribution is 6.02. The molecule has 2 aromatic rings. The number of benzene rings is 2. The fourth-order valence-electron chi connectivity index (χ4n) is 5.25. The number of carboxylic acids is 1. The third-order valence-electron chi connectivity index (χ3n) is 7.44. The zero-order valence-corrected chi connectivity index (χ0v) is 25.5. The Morgan fingerprint density at radius 1 is 0.929 bits per heavy atom. The first kappa shape index (κ1) is 33.0. The van der Waals surface area contributed by atoms with Gasteiger partial charge in [-0.2, -0.15) is 5.06 Å². The number of piperidine rings is 1. The smallest absolute Gasteiger partial charge is 0.478 e. The minimum Gasteiger partial charge on any atom is -0.478 e.